The van der Waals surface area contributed by atoms with E-state index in [1.54, 1.807) is 12.1 Å². The molecule has 3 nitrogen and oxygen atoms in total. The maximum Gasteiger partial charge on any atom is 0.165 e. The molecule has 0 bridgehead atoms. The van der Waals surface area contributed by atoms with Crippen molar-refractivity contribution in [2.75, 3.05) is 26.2 Å². The number of halogens is 1. The van der Waals surface area contributed by atoms with Crippen LogP contribution in [0.2, 0.25) is 0 Å². The molecule has 0 atom stereocenters. The molecule has 1 aromatic carbocycles. The number of nitrogens with one attached hydrogen (secondary N) is 1. The fraction of sp³-hybridized carbons (Fsp3) is 0.600. The van der Waals surface area contributed by atoms with Gasteiger partial charge in [0.15, 0.2) is 11.6 Å². The third-order valence-electron chi connectivity index (χ3n) is 3.97. The number of para-hydroxylation sites is 1. The predicted molar refractivity (Wildman–Crippen MR) is 74.6 cm³/mol. The van der Waals surface area contributed by atoms with E-state index >= 15 is 0 Å². The second-order valence-electron chi connectivity index (χ2n) is 5.26. The highest BCUT2D eigenvalue weighted by Crippen LogP contribution is 2.21. The zero-order valence-corrected chi connectivity index (χ0v) is 11.5. The fourth-order valence-electron chi connectivity index (χ4n) is 2.62. The Morgan fingerprint density at radius 1 is 1.37 bits per heavy atom. The predicted octanol–water partition coefficient (Wildman–Crippen LogP) is 2.35. The molecule has 4 heteroatoms. The summed E-state index contributed by atoms with van der Waals surface area (Å²) in [4.78, 5) is 2.47. The number of hydrogen-bond acceptors (Lipinski definition) is 3. The van der Waals surface area contributed by atoms with Crippen molar-refractivity contribution in [3.8, 4) is 5.75 Å². The van der Waals surface area contributed by atoms with Gasteiger partial charge in [0.25, 0.3) is 0 Å². The molecular weight excluding hydrogens is 243 g/mol. The Bertz CT molecular complexity index is 403. The molecule has 0 aliphatic carbocycles. The van der Waals surface area contributed by atoms with Gasteiger partial charge in [-0.1, -0.05) is 19.1 Å². The van der Waals surface area contributed by atoms with Crippen LogP contribution in [0.25, 0.3) is 0 Å². The van der Waals surface area contributed by atoms with Crippen LogP contribution in [0.5, 0.6) is 5.75 Å². The monoisotopic (exact) mass is 266 g/mol. The Balaban J connectivity index is 1.74. The van der Waals surface area contributed by atoms with Crippen LogP contribution in [-0.2, 0) is 6.54 Å². The summed E-state index contributed by atoms with van der Waals surface area (Å²) in [6.45, 7) is 7.15. The van der Waals surface area contributed by atoms with Crippen LogP contribution in [0.3, 0.4) is 0 Å². The van der Waals surface area contributed by atoms with Crippen LogP contribution < -0.4 is 5.32 Å². The van der Waals surface area contributed by atoms with Gasteiger partial charge in [-0.3, -0.25) is 0 Å². The highest BCUT2D eigenvalue weighted by molar-refractivity contribution is 5.33. The van der Waals surface area contributed by atoms with E-state index < -0.39 is 5.82 Å². The molecule has 1 fully saturated rings. The third kappa shape index (κ3) is 3.91. The van der Waals surface area contributed by atoms with Crippen molar-refractivity contribution < 1.29 is 9.50 Å². The van der Waals surface area contributed by atoms with E-state index in [4.69, 9.17) is 0 Å². The molecule has 2 N–H and O–H groups in total. The molecule has 0 spiro atoms. The van der Waals surface area contributed by atoms with Gasteiger partial charge in [0.1, 0.15) is 0 Å². The van der Waals surface area contributed by atoms with Crippen molar-refractivity contribution >= 4 is 0 Å². The average Bonchev–Trinajstić information content (AvgIpc) is 2.44. The summed E-state index contributed by atoms with van der Waals surface area (Å²) in [7, 11) is 0. The molecule has 0 amide bonds. The Morgan fingerprint density at radius 2 is 2.11 bits per heavy atom. The Hall–Kier alpha value is -1.13. The number of phenols is 1. The minimum absolute atomic E-state index is 0.226. The minimum Gasteiger partial charge on any atom is -0.505 e. The first kappa shape index (κ1) is 14.3. The average molecular weight is 266 g/mol. The molecule has 19 heavy (non-hydrogen) atoms. The van der Waals surface area contributed by atoms with E-state index in [2.05, 4.69) is 17.1 Å². The molecule has 1 aromatic rings. The molecule has 0 aromatic heterocycles. The maximum absolute atomic E-state index is 13.2. The SMILES string of the molecule is CCN1CCC(CNCc2cccc(F)c2O)CC1. The number of piperidine rings is 1. The molecule has 0 saturated carbocycles. The molecular formula is C15H23FN2O. The minimum atomic E-state index is -0.546. The summed E-state index contributed by atoms with van der Waals surface area (Å²) in [5.74, 6) is -0.0788. The van der Waals surface area contributed by atoms with Gasteiger partial charge in [-0.2, -0.15) is 0 Å². The standard InChI is InChI=1S/C15H23FN2O/c1-2-18-8-6-12(7-9-18)10-17-11-13-4-3-5-14(16)15(13)19/h3-5,12,17,19H,2,6-11H2,1H3. The van der Waals surface area contributed by atoms with Gasteiger partial charge >= 0.3 is 0 Å². The van der Waals surface area contributed by atoms with Gasteiger partial charge in [0.05, 0.1) is 0 Å². The smallest absolute Gasteiger partial charge is 0.165 e. The van der Waals surface area contributed by atoms with Crippen LogP contribution in [0.4, 0.5) is 4.39 Å². The summed E-state index contributed by atoms with van der Waals surface area (Å²) < 4.78 is 13.2. The summed E-state index contributed by atoms with van der Waals surface area (Å²) in [6.07, 6.45) is 2.44. The molecule has 1 aliphatic heterocycles. The topological polar surface area (TPSA) is 35.5 Å². The van der Waals surface area contributed by atoms with E-state index in [-0.39, 0.29) is 5.75 Å². The first-order valence-corrected chi connectivity index (χ1v) is 7.10. The summed E-state index contributed by atoms with van der Waals surface area (Å²) >= 11 is 0. The Morgan fingerprint density at radius 3 is 2.79 bits per heavy atom. The highest BCUT2D eigenvalue weighted by Gasteiger charge is 2.17. The maximum atomic E-state index is 13.2. The van der Waals surface area contributed by atoms with Crippen molar-refractivity contribution in [1.29, 1.82) is 0 Å². The second kappa shape index (κ2) is 6.87. The van der Waals surface area contributed by atoms with Gasteiger partial charge < -0.3 is 15.3 Å². The van der Waals surface area contributed by atoms with Gasteiger partial charge in [-0.05, 0) is 51.0 Å². The Labute approximate surface area is 114 Å². The van der Waals surface area contributed by atoms with Crippen molar-refractivity contribution in [3.05, 3.63) is 29.6 Å². The van der Waals surface area contributed by atoms with Crippen LogP contribution in [0.15, 0.2) is 18.2 Å². The molecule has 1 heterocycles. The lowest BCUT2D eigenvalue weighted by Gasteiger charge is -2.31. The highest BCUT2D eigenvalue weighted by atomic mass is 19.1. The number of benzene rings is 1. The number of phenolic OH excluding ortho intramolecular Hbond substituents is 1. The molecule has 106 valence electrons. The zero-order valence-electron chi connectivity index (χ0n) is 11.5. The van der Waals surface area contributed by atoms with E-state index in [1.807, 2.05) is 0 Å². The van der Waals surface area contributed by atoms with E-state index in [9.17, 15) is 9.50 Å². The largest absolute Gasteiger partial charge is 0.505 e. The molecule has 1 saturated heterocycles. The van der Waals surface area contributed by atoms with Gasteiger partial charge in [-0.25, -0.2) is 4.39 Å². The van der Waals surface area contributed by atoms with Crippen molar-refractivity contribution in [2.45, 2.75) is 26.3 Å². The van der Waals surface area contributed by atoms with Crippen LogP contribution >= 0.6 is 0 Å². The molecule has 2 rings (SSSR count). The summed E-state index contributed by atoms with van der Waals surface area (Å²) in [6, 6.07) is 4.66. The van der Waals surface area contributed by atoms with Gasteiger partial charge in [0, 0.05) is 12.1 Å². The fourth-order valence-corrected chi connectivity index (χ4v) is 2.62. The lowest BCUT2D eigenvalue weighted by molar-refractivity contribution is 0.190. The van der Waals surface area contributed by atoms with Gasteiger partial charge in [0.2, 0.25) is 0 Å². The number of likely N-dealkylation sites (tertiary alicyclic amines) is 1. The first-order valence-electron chi connectivity index (χ1n) is 7.10. The molecule has 1 aliphatic rings. The number of hydrogen-bond donors (Lipinski definition) is 2. The lowest BCUT2D eigenvalue weighted by atomic mass is 9.97. The quantitative estimate of drug-likeness (QED) is 0.859. The van der Waals surface area contributed by atoms with Crippen LogP contribution in [0.1, 0.15) is 25.3 Å². The number of rotatable bonds is 5. The van der Waals surface area contributed by atoms with Crippen molar-refractivity contribution in [2.24, 2.45) is 5.92 Å². The second-order valence-corrected chi connectivity index (χ2v) is 5.26. The van der Waals surface area contributed by atoms with Crippen molar-refractivity contribution in [1.82, 2.24) is 10.2 Å². The van der Waals surface area contributed by atoms with Crippen LogP contribution in [0, 0.1) is 11.7 Å². The summed E-state index contributed by atoms with van der Waals surface area (Å²) in [5.41, 5.74) is 0.631. The zero-order chi connectivity index (χ0) is 13.7. The Kier molecular flexibility index (Phi) is 5.16. The lowest BCUT2D eigenvalue weighted by Crippen LogP contribution is -2.36. The molecule has 0 radical (unpaired) electrons. The van der Waals surface area contributed by atoms with Gasteiger partial charge in [-0.15, -0.1) is 0 Å². The van der Waals surface area contributed by atoms with E-state index in [0.29, 0.717) is 18.0 Å². The molecule has 0 unspecified atom stereocenters. The number of nitrogens with zero attached hydrogens (tertiary/aromatic N) is 1. The number of aromatic hydroxyl groups is 1. The van der Waals surface area contributed by atoms with Crippen LogP contribution in [-0.4, -0.2) is 36.2 Å². The summed E-state index contributed by atoms with van der Waals surface area (Å²) in [5, 5.41) is 12.9. The van der Waals surface area contributed by atoms with Crippen molar-refractivity contribution in [3.63, 3.8) is 0 Å². The normalized spacial score (nSPS) is 17.8. The van der Waals surface area contributed by atoms with E-state index in [0.717, 1.165) is 13.1 Å². The first-order chi connectivity index (χ1) is 9.20. The third-order valence-corrected chi connectivity index (χ3v) is 3.97. The van der Waals surface area contributed by atoms with E-state index in [1.165, 1.54) is 32.0 Å².